The predicted octanol–water partition coefficient (Wildman–Crippen LogP) is 2.51. The van der Waals surface area contributed by atoms with Crippen molar-refractivity contribution in [2.75, 3.05) is 12.3 Å². The second kappa shape index (κ2) is 7.27. The average Bonchev–Trinajstić information content (AvgIpc) is 3.02. The van der Waals surface area contributed by atoms with Crippen LogP contribution in [-0.4, -0.2) is 36.5 Å². The topological polar surface area (TPSA) is 64.0 Å². The first-order chi connectivity index (χ1) is 10.8. The van der Waals surface area contributed by atoms with Crippen LogP contribution >= 0.6 is 0 Å². The second-order valence-corrected chi connectivity index (χ2v) is 8.13. The fourth-order valence-electron chi connectivity index (χ4n) is 2.49. The number of rotatable bonds is 7. The summed E-state index contributed by atoms with van der Waals surface area (Å²) in [5.41, 5.74) is 1.76. The summed E-state index contributed by atoms with van der Waals surface area (Å²) in [6.45, 7) is 8.26. The van der Waals surface area contributed by atoms with E-state index in [1.54, 1.807) is 12.3 Å². The summed E-state index contributed by atoms with van der Waals surface area (Å²) in [5, 5.41) is 7.51. The third kappa shape index (κ3) is 4.42. The Morgan fingerprint density at radius 1 is 1.26 bits per heavy atom. The van der Waals surface area contributed by atoms with E-state index in [1.807, 2.05) is 49.8 Å². The second-order valence-electron chi connectivity index (χ2n) is 6.06. The lowest BCUT2D eigenvalue weighted by atomic mass is 10.2. The van der Waals surface area contributed by atoms with Crippen molar-refractivity contribution in [3.63, 3.8) is 0 Å². The first-order valence-electron chi connectivity index (χ1n) is 7.84. The third-order valence-electron chi connectivity index (χ3n) is 4.18. The van der Waals surface area contributed by atoms with E-state index in [0.717, 1.165) is 11.1 Å². The minimum atomic E-state index is -3.27. The molecule has 2 aromatic rings. The van der Waals surface area contributed by atoms with Gasteiger partial charge in [-0.2, -0.15) is 5.10 Å². The van der Waals surface area contributed by atoms with Crippen molar-refractivity contribution in [3.05, 3.63) is 47.8 Å². The minimum absolute atomic E-state index is 0.0907. The van der Waals surface area contributed by atoms with E-state index >= 15 is 0 Å². The number of nitrogens with one attached hydrogen (secondary N) is 1. The summed E-state index contributed by atoms with van der Waals surface area (Å²) in [6.07, 6.45) is 3.66. The summed E-state index contributed by atoms with van der Waals surface area (Å²) in [7, 11) is -3.27. The third-order valence-corrected chi connectivity index (χ3v) is 6.03. The molecule has 0 aliphatic carbocycles. The van der Waals surface area contributed by atoms with Crippen LogP contribution in [0.1, 0.15) is 31.0 Å². The highest BCUT2D eigenvalue weighted by Gasteiger charge is 2.19. The summed E-state index contributed by atoms with van der Waals surface area (Å²) < 4.78 is 26.9. The van der Waals surface area contributed by atoms with Crippen LogP contribution in [0.5, 0.6) is 0 Å². The van der Waals surface area contributed by atoms with Gasteiger partial charge in [0.2, 0.25) is 0 Å². The van der Waals surface area contributed by atoms with Crippen molar-refractivity contribution >= 4 is 9.84 Å². The Labute approximate surface area is 138 Å². The van der Waals surface area contributed by atoms with Crippen LogP contribution in [0.4, 0.5) is 0 Å². The fourth-order valence-corrected chi connectivity index (χ4v) is 4.03. The molecule has 2 atom stereocenters. The van der Waals surface area contributed by atoms with E-state index in [0.29, 0.717) is 11.4 Å². The predicted molar refractivity (Wildman–Crippen MR) is 92.4 cm³/mol. The molecule has 0 saturated heterocycles. The van der Waals surface area contributed by atoms with Gasteiger partial charge in [0.05, 0.1) is 16.7 Å². The zero-order valence-corrected chi connectivity index (χ0v) is 15.0. The summed E-state index contributed by atoms with van der Waals surface area (Å²) in [5.74, 6) is 0.0907. The Morgan fingerprint density at radius 2 is 2.00 bits per heavy atom. The smallest absolute Gasteiger partial charge is 0.179 e. The molecule has 5 nitrogen and oxygen atoms in total. The first kappa shape index (κ1) is 17.7. The lowest BCUT2D eigenvalue weighted by Crippen LogP contribution is -2.36. The van der Waals surface area contributed by atoms with Crippen LogP contribution in [0.15, 0.2) is 41.6 Å². The number of nitrogens with zero attached hydrogens (tertiary/aromatic N) is 2. The van der Waals surface area contributed by atoms with Crippen LogP contribution < -0.4 is 5.32 Å². The molecule has 0 radical (unpaired) electrons. The Morgan fingerprint density at radius 3 is 2.65 bits per heavy atom. The first-order valence-corrected chi connectivity index (χ1v) is 9.49. The monoisotopic (exact) mass is 335 g/mol. The molecule has 0 amide bonds. The zero-order valence-electron chi connectivity index (χ0n) is 14.2. The maximum Gasteiger partial charge on any atom is 0.179 e. The van der Waals surface area contributed by atoms with Crippen LogP contribution in [-0.2, 0) is 9.84 Å². The van der Waals surface area contributed by atoms with Gasteiger partial charge in [-0.15, -0.1) is 0 Å². The molecule has 2 unspecified atom stereocenters. The molecule has 0 aliphatic heterocycles. The van der Waals surface area contributed by atoms with E-state index in [4.69, 9.17) is 0 Å². The highest BCUT2D eigenvalue weighted by molar-refractivity contribution is 7.91. The van der Waals surface area contributed by atoms with Gasteiger partial charge in [-0.1, -0.05) is 12.1 Å². The van der Waals surface area contributed by atoms with Crippen molar-refractivity contribution in [1.29, 1.82) is 0 Å². The molecule has 1 N–H and O–H groups in total. The van der Waals surface area contributed by atoms with Gasteiger partial charge in [-0.25, -0.2) is 8.42 Å². The molecule has 126 valence electrons. The van der Waals surface area contributed by atoms with E-state index in [2.05, 4.69) is 17.3 Å². The SMILES string of the molecule is Cc1ccc(C)c(S(=O)(=O)CCNC(C)C(C)n2cccn2)c1. The maximum absolute atomic E-state index is 12.5. The van der Waals surface area contributed by atoms with Crippen LogP contribution in [0.3, 0.4) is 0 Å². The number of sulfone groups is 1. The molecule has 2 rings (SSSR count). The maximum atomic E-state index is 12.5. The van der Waals surface area contributed by atoms with Gasteiger partial charge in [-0.3, -0.25) is 4.68 Å². The van der Waals surface area contributed by atoms with E-state index in [-0.39, 0.29) is 17.8 Å². The number of benzene rings is 1. The molecule has 6 heteroatoms. The molecule has 1 aromatic carbocycles. The number of aromatic nitrogens is 2. The van der Waals surface area contributed by atoms with E-state index in [9.17, 15) is 8.42 Å². The van der Waals surface area contributed by atoms with Crippen molar-refractivity contribution in [2.24, 2.45) is 0 Å². The molecule has 0 spiro atoms. The molecule has 1 aromatic heterocycles. The fraction of sp³-hybridized carbons (Fsp3) is 0.471. The van der Waals surface area contributed by atoms with Gasteiger partial charge < -0.3 is 5.32 Å². The lowest BCUT2D eigenvalue weighted by molar-refractivity contribution is 0.372. The van der Waals surface area contributed by atoms with Gasteiger partial charge in [0.15, 0.2) is 9.84 Å². The van der Waals surface area contributed by atoms with Gasteiger partial charge >= 0.3 is 0 Å². The molecule has 0 bridgehead atoms. The molecule has 1 heterocycles. The molecular formula is C17H25N3O2S. The molecule has 23 heavy (non-hydrogen) atoms. The van der Waals surface area contributed by atoms with Crippen LogP contribution in [0.2, 0.25) is 0 Å². The highest BCUT2D eigenvalue weighted by atomic mass is 32.2. The summed E-state index contributed by atoms with van der Waals surface area (Å²) >= 11 is 0. The minimum Gasteiger partial charge on any atom is -0.311 e. The van der Waals surface area contributed by atoms with E-state index < -0.39 is 9.84 Å². The quantitative estimate of drug-likeness (QED) is 0.844. The molecule has 0 aliphatic rings. The Hall–Kier alpha value is -1.66. The van der Waals surface area contributed by atoms with Crippen molar-refractivity contribution < 1.29 is 8.42 Å². The van der Waals surface area contributed by atoms with Gasteiger partial charge in [0, 0.05) is 25.0 Å². The number of hydrogen-bond donors (Lipinski definition) is 1. The van der Waals surface area contributed by atoms with E-state index in [1.165, 1.54) is 0 Å². The Kier molecular flexibility index (Phi) is 5.59. The number of hydrogen-bond acceptors (Lipinski definition) is 4. The van der Waals surface area contributed by atoms with Crippen molar-refractivity contribution in [2.45, 2.75) is 44.7 Å². The number of aryl methyl sites for hydroxylation is 2. The van der Waals surface area contributed by atoms with Crippen molar-refractivity contribution in [1.82, 2.24) is 15.1 Å². The standard InChI is InChI=1S/C17H25N3O2S/c1-13-6-7-14(2)17(12-13)23(21,22)11-9-18-15(3)16(4)20-10-5-8-19-20/h5-8,10,12,15-16,18H,9,11H2,1-4H3. The molecule has 0 fully saturated rings. The lowest BCUT2D eigenvalue weighted by Gasteiger charge is -2.22. The Balaban J connectivity index is 1.96. The Bertz CT molecular complexity index is 739. The average molecular weight is 335 g/mol. The zero-order chi connectivity index (χ0) is 17.0. The van der Waals surface area contributed by atoms with Crippen LogP contribution in [0.25, 0.3) is 0 Å². The molecule has 0 saturated carbocycles. The molecular weight excluding hydrogens is 310 g/mol. The largest absolute Gasteiger partial charge is 0.311 e. The summed E-state index contributed by atoms with van der Waals surface area (Å²) in [6, 6.07) is 7.71. The summed E-state index contributed by atoms with van der Waals surface area (Å²) in [4.78, 5) is 0.437. The van der Waals surface area contributed by atoms with Gasteiger partial charge in [-0.05, 0) is 51.0 Å². The highest BCUT2D eigenvalue weighted by Crippen LogP contribution is 2.18. The van der Waals surface area contributed by atoms with Gasteiger partial charge in [0.1, 0.15) is 0 Å². The van der Waals surface area contributed by atoms with Crippen molar-refractivity contribution in [3.8, 4) is 0 Å². The normalized spacial score (nSPS) is 14.6. The van der Waals surface area contributed by atoms with Gasteiger partial charge in [0.25, 0.3) is 0 Å². The van der Waals surface area contributed by atoms with Crippen LogP contribution in [0, 0.1) is 13.8 Å².